The van der Waals surface area contributed by atoms with Gasteiger partial charge < -0.3 is 19.8 Å². The van der Waals surface area contributed by atoms with Crippen molar-refractivity contribution in [2.45, 2.75) is 33.7 Å². The van der Waals surface area contributed by atoms with E-state index in [1.807, 2.05) is 52.0 Å². The van der Waals surface area contributed by atoms with Gasteiger partial charge >= 0.3 is 0 Å². The Balaban J connectivity index is 1.74. The maximum Gasteiger partial charge on any atom is 0.252 e. The first-order chi connectivity index (χ1) is 14.9. The highest BCUT2D eigenvalue weighted by Crippen LogP contribution is 2.28. The van der Waals surface area contributed by atoms with Gasteiger partial charge in [0.25, 0.3) is 5.91 Å². The molecule has 0 aliphatic rings. The van der Waals surface area contributed by atoms with Crippen LogP contribution in [0.4, 0.5) is 5.95 Å². The van der Waals surface area contributed by atoms with Crippen LogP contribution in [-0.4, -0.2) is 41.0 Å². The number of imidazole rings is 1. The molecule has 0 saturated heterocycles. The SMILES string of the molecule is CCOc1ccc(C(=O)N[C@@H](C(=O)Nc2nc3ccccc3[nH]2)C(C)C)cc1OCC. The van der Waals surface area contributed by atoms with Gasteiger partial charge in [-0.2, -0.15) is 0 Å². The number of fused-ring (bicyclic) bond motifs is 1. The van der Waals surface area contributed by atoms with Crippen molar-refractivity contribution in [3.8, 4) is 11.5 Å². The van der Waals surface area contributed by atoms with Gasteiger partial charge in [-0.15, -0.1) is 0 Å². The molecular weight excluding hydrogens is 396 g/mol. The van der Waals surface area contributed by atoms with Crippen molar-refractivity contribution < 1.29 is 19.1 Å². The number of aromatic nitrogens is 2. The zero-order chi connectivity index (χ0) is 22.4. The van der Waals surface area contributed by atoms with E-state index in [2.05, 4.69) is 20.6 Å². The summed E-state index contributed by atoms with van der Waals surface area (Å²) >= 11 is 0. The molecule has 1 heterocycles. The predicted molar refractivity (Wildman–Crippen MR) is 120 cm³/mol. The van der Waals surface area contributed by atoms with Crippen molar-refractivity contribution in [3.05, 3.63) is 48.0 Å². The third-order valence-corrected chi connectivity index (χ3v) is 4.67. The zero-order valence-corrected chi connectivity index (χ0v) is 18.2. The number of rotatable bonds is 9. The molecular formula is C23H28N4O4. The molecule has 0 bridgehead atoms. The fourth-order valence-electron chi connectivity index (χ4n) is 3.16. The Kier molecular flexibility index (Phi) is 7.12. The van der Waals surface area contributed by atoms with Gasteiger partial charge in [-0.25, -0.2) is 4.98 Å². The zero-order valence-electron chi connectivity index (χ0n) is 18.2. The lowest BCUT2D eigenvalue weighted by Gasteiger charge is -2.21. The number of ether oxygens (including phenoxy) is 2. The van der Waals surface area contributed by atoms with Crippen LogP contribution in [0.1, 0.15) is 38.1 Å². The van der Waals surface area contributed by atoms with Crippen LogP contribution in [0.25, 0.3) is 11.0 Å². The molecule has 0 unspecified atom stereocenters. The molecule has 3 N–H and O–H groups in total. The van der Waals surface area contributed by atoms with E-state index in [-0.39, 0.29) is 17.7 Å². The molecule has 0 spiro atoms. The summed E-state index contributed by atoms with van der Waals surface area (Å²) in [6.07, 6.45) is 0. The van der Waals surface area contributed by atoms with E-state index in [9.17, 15) is 9.59 Å². The third-order valence-electron chi connectivity index (χ3n) is 4.67. The lowest BCUT2D eigenvalue weighted by atomic mass is 10.0. The van der Waals surface area contributed by atoms with Gasteiger partial charge in [-0.3, -0.25) is 14.9 Å². The second kappa shape index (κ2) is 9.97. The molecule has 1 atom stereocenters. The van der Waals surface area contributed by atoms with Gasteiger partial charge in [-0.05, 0) is 50.1 Å². The van der Waals surface area contributed by atoms with Crippen molar-refractivity contribution in [1.82, 2.24) is 15.3 Å². The maximum atomic E-state index is 12.9. The number of nitrogens with one attached hydrogen (secondary N) is 3. The number of hydrogen-bond acceptors (Lipinski definition) is 5. The van der Waals surface area contributed by atoms with Gasteiger partial charge in [-0.1, -0.05) is 26.0 Å². The van der Waals surface area contributed by atoms with Crippen molar-refractivity contribution >= 4 is 28.8 Å². The van der Waals surface area contributed by atoms with Gasteiger partial charge in [0.2, 0.25) is 11.9 Å². The van der Waals surface area contributed by atoms with Gasteiger partial charge in [0, 0.05) is 5.56 Å². The van der Waals surface area contributed by atoms with Crippen molar-refractivity contribution in [2.24, 2.45) is 5.92 Å². The Morgan fingerprint density at radius 3 is 2.42 bits per heavy atom. The summed E-state index contributed by atoms with van der Waals surface area (Å²) in [5.74, 6) is 0.544. The number of carbonyl (C=O) groups excluding carboxylic acids is 2. The number of para-hydroxylation sites is 2. The Hall–Kier alpha value is -3.55. The maximum absolute atomic E-state index is 12.9. The van der Waals surface area contributed by atoms with Crippen LogP contribution in [0.3, 0.4) is 0 Å². The Labute approximate surface area is 181 Å². The van der Waals surface area contributed by atoms with Gasteiger partial charge in [0.05, 0.1) is 24.2 Å². The fraction of sp³-hybridized carbons (Fsp3) is 0.348. The second-order valence-corrected chi connectivity index (χ2v) is 7.31. The lowest BCUT2D eigenvalue weighted by Crippen LogP contribution is -2.47. The summed E-state index contributed by atoms with van der Waals surface area (Å²) in [6.45, 7) is 8.41. The van der Waals surface area contributed by atoms with E-state index < -0.39 is 6.04 Å². The van der Waals surface area contributed by atoms with E-state index in [4.69, 9.17) is 9.47 Å². The molecule has 2 amide bonds. The molecule has 2 aromatic carbocycles. The highest BCUT2D eigenvalue weighted by Gasteiger charge is 2.26. The van der Waals surface area contributed by atoms with Crippen LogP contribution in [0, 0.1) is 5.92 Å². The van der Waals surface area contributed by atoms with Crippen LogP contribution in [0.15, 0.2) is 42.5 Å². The average molecular weight is 425 g/mol. The lowest BCUT2D eigenvalue weighted by molar-refractivity contribution is -0.118. The standard InChI is InChI=1S/C23H28N4O4/c1-5-30-18-12-11-15(13-19(18)31-6-2)21(28)26-20(14(3)4)22(29)27-23-24-16-9-7-8-10-17(16)25-23/h7-14,20H,5-6H2,1-4H3,(H,26,28)(H2,24,25,27,29)/t20-/m1/s1. The molecule has 0 aliphatic heterocycles. The van der Waals surface area contributed by atoms with E-state index >= 15 is 0 Å². The smallest absolute Gasteiger partial charge is 0.252 e. The number of benzene rings is 2. The number of anilines is 1. The summed E-state index contributed by atoms with van der Waals surface area (Å²) in [5, 5.41) is 5.58. The summed E-state index contributed by atoms with van der Waals surface area (Å²) in [4.78, 5) is 33.2. The minimum atomic E-state index is -0.747. The highest BCUT2D eigenvalue weighted by molar-refractivity contribution is 6.01. The van der Waals surface area contributed by atoms with Gasteiger partial charge in [0.15, 0.2) is 11.5 Å². The number of H-pyrrole nitrogens is 1. The summed E-state index contributed by atoms with van der Waals surface area (Å²) in [5.41, 5.74) is 1.95. The first kappa shape index (κ1) is 22.1. The predicted octanol–water partition coefficient (Wildman–Crippen LogP) is 3.75. The first-order valence-corrected chi connectivity index (χ1v) is 10.4. The molecule has 0 radical (unpaired) electrons. The fourth-order valence-corrected chi connectivity index (χ4v) is 3.16. The molecule has 0 saturated carbocycles. The van der Waals surface area contributed by atoms with E-state index in [1.165, 1.54) is 0 Å². The van der Waals surface area contributed by atoms with E-state index in [0.29, 0.717) is 36.2 Å². The highest BCUT2D eigenvalue weighted by atomic mass is 16.5. The average Bonchev–Trinajstić information content (AvgIpc) is 3.15. The van der Waals surface area contributed by atoms with Crippen molar-refractivity contribution in [2.75, 3.05) is 18.5 Å². The van der Waals surface area contributed by atoms with Crippen LogP contribution >= 0.6 is 0 Å². The first-order valence-electron chi connectivity index (χ1n) is 10.4. The van der Waals surface area contributed by atoms with E-state index in [0.717, 1.165) is 11.0 Å². The molecule has 8 nitrogen and oxygen atoms in total. The minimum Gasteiger partial charge on any atom is -0.490 e. The summed E-state index contributed by atoms with van der Waals surface area (Å²) in [7, 11) is 0. The number of nitrogens with zero attached hydrogens (tertiary/aromatic N) is 1. The van der Waals surface area contributed by atoms with Crippen molar-refractivity contribution in [3.63, 3.8) is 0 Å². The normalized spacial score (nSPS) is 11.9. The quantitative estimate of drug-likeness (QED) is 0.485. The Morgan fingerprint density at radius 1 is 1.03 bits per heavy atom. The topological polar surface area (TPSA) is 105 Å². The molecule has 3 aromatic rings. The van der Waals surface area contributed by atoms with Crippen LogP contribution in [-0.2, 0) is 4.79 Å². The van der Waals surface area contributed by atoms with Gasteiger partial charge in [0.1, 0.15) is 6.04 Å². The Morgan fingerprint density at radius 2 is 1.74 bits per heavy atom. The molecule has 31 heavy (non-hydrogen) atoms. The molecule has 1 aromatic heterocycles. The summed E-state index contributed by atoms with van der Waals surface area (Å²) in [6, 6.07) is 11.7. The number of aromatic amines is 1. The van der Waals surface area contributed by atoms with Crippen LogP contribution < -0.4 is 20.1 Å². The van der Waals surface area contributed by atoms with Crippen LogP contribution in [0.5, 0.6) is 11.5 Å². The molecule has 0 fully saturated rings. The second-order valence-electron chi connectivity index (χ2n) is 7.31. The summed E-state index contributed by atoms with van der Waals surface area (Å²) < 4.78 is 11.1. The van der Waals surface area contributed by atoms with Crippen molar-refractivity contribution in [1.29, 1.82) is 0 Å². The van der Waals surface area contributed by atoms with E-state index in [1.54, 1.807) is 18.2 Å². The van der Waals surface area contributed by atoms with Crippen LogP contribution in [0.2, 0.25) is 0 Å². The largest absolute Gasteiger partial charge is 0.490 e. The monoisotopic (exact) mass is 424 g/mol. The molecule has 0 aliphatic carbocycles. The Bertz CT molecular complexity index is 1030. The third kappa shape index (κ3) is 5.33. The molecule has 8 heteroatoms. The number of carbonyl (C=O) groups is 2. The molecule has 3 rings (SSSR count). The number of amides is 2. The molecule has 164 valence electrons. The minimum absolute atomic E-state index is 0.137. The number of hydrogen-bond donors (Lipinski definition) is 3.